The third-order valence-electron chi connectivity index (χ3n) is 6.07. The normalized spacial score (nSPS) is 17.9. The second-order valence-corrected chi connectivity index (χ2v) is 8.11. The number of hydrogen-bond acceptors (Lipinski definition) is 5. The summed E-state index contributed by atoms with van der Waals surface area (Å²) in [6.45, 7) is -0.511. The zero-order valence-electron chi connectivity index (χ0n) is 18.0. The second-order valence-electron chi connectivity index (χ2n) is 8.11. The standard InChI is InChI=1S/C25H18F3N3O4/c26-25(27,28)24(34,16-6-2-1-3-7-16)20-14-31(23(33)35-20)17-12-10-15(11-13-17)21-18-8-4-5-9-19(18)22(32)30-29-21/h1-13,20,34H,14H2,(H,30,32). The van der Waals surface area contributed by atoms with Gasteiger partial charge in [0.1, 0.15) is 0 Å². The van der Waals surface area contributed by atoms with Crippen molar-refractivity contribution in [1.82, 2.24) is 10.2 Å². The molecule has 1 aliphatic rings. The SMILES string of the molecule is O=C1OC(C(O)(c2ccccc2)C(F)(F)F)CN1c1ccc(-c2n[nH]c(=O)c3ccccc23)cc1. The lowest BCUT2D eigenvalue weighted by atomic mass is 9.87. The van der Waals surface area contributed by atoms with Crippen molar-refractivity contribution >= 4 is 22.6 Å². The van der Waals surface area contributed by atoms with Crippen LogP contribution in [-0.4, -0.2) is 40.2 Å². The number of aliphatic hydroxyl groups is 1. The molecule has 2 unspecified atom stereocenters. The molecular formula is C25H18F3N3O4. The van der Waals surface area contributed by atoms with Gasteiger partial charge in [-0.2, -0.15) is 18.3 Å². The molecule has 1 amide bonds. The molecule has 2 atom stereocenters. The Labute approximate surface area is 196 Å². The summed E-state index contributed by atoms with van der Waals surface area (Å²) >= 11 is 0. The lowest BCUT2D eigenvalue weighted by Crippen LogP contribution is -2.53. The van der Waals surface area contributed by atoms with Crippen molar-refractivity contribution in [3.63, 3.8) is 0 Å². The number of benzene rings is 3. The first kappa shape index (κ1) is 22.6. The van der Waals surface area contributed by atoms with Gasteiger partial charge >= 0.3 is 12.3 Å². The van der Waals surface area contributed by atoms with E-state index in [1.165, 1.54) is 30.3 Å². The molecule has 0 radical (unpaired) electrons. The molecule has 0 aliphatic carbocycles. The number of fused-ring (bicyclic) bond motifs is 1. The molecule has 4 aromatic rings. The van der Waals surface area contributed by atoms with Crippen LogP contribution >= 0.6 is 0 Å². The largest absolute Gasteiger partial charge is 0.440 e. The molecule has 0 bridgehead atoms. The zero-order chi connectivity index (χ0) is 24.8. The van der Waals surface area contributed by atoms with E-state index in [4.69, 9.17) is 4.74 Å². The molecule has 7 nitrogen and oxygen atoms in total. The molecule has 1 aromatic heterocycles. The summed E-state index contributed by atoms with van der Waals surface area (Å²) in [5.74, 6) is 0. The molecule has 3 aromatic carbocycles. The van der Waals surface area contributed by atoms with Crippen molar-refractivity contribution in [2.75, 3.05) is 11.4 Å². The fourth-order valence-electron chi connectivity index (χ4n) is 4.25. The first-order chi connectivity index (χ1) is 16.7. The first-order valence-corrected chi connectivity index (χ1v) is 10.6. The highest BCUT2D eigenvalue weighted by molar-refractivity contribution is 5.94. The van der Waals surface area contributed by atoms with Crippen LogP contribution in [0.4, 0.5) is 23.7 Å². The van der Waals surface area contributed by atoms with E-state index in [2.05, 4.69) is 10.2 Å². The van der Waals surface area contributed by atoms with Crippen LogP contribution in [0.15, 0.2) is 83.7 Å². The number of rotatable bonds is 4. The molecule has 2 heterocycles. The molecule has 35 heavy (non-hydrogen) atoms. The Balaban J connectivity index is 1.46. The Morgan fingerprint density at radius 2 is 1.54 bits per heavy atom. The number of hydrogen-bond donors (Lipinski definition) is 2. The maximum absolute atomic E-state index is 14.0. The lowest BCUT2D eigenvalue weighted by molar-refractivity contribution is -0.292. The molecule has 0 spiro atoms. The van der Waals surface area contributed by atoms with E-state index in [1.807, 2.05) is 0 Å². The summed E-state index contributed by atoms with van der Waals surface area (Å²) in [6.07, 6.45) is -7.97. The summed E-state index contributed by atoms with van der Waals surface area (Å²) in [7, 11) is 0. The Kier molecular flexibility index (Phi) is 5.32. The van der Waals surface area contributed by atoms with Crippen molar-refractivity contribution < 1.29 is 27.8 Å². The number of carbonyl (C=O) groups is 1. The fraction of sp³-hybridized carbons (Fsp3) is 0.160. The minimum Gasteiger partial charge on any atom is -0.440 e. The van der Waals surface area contributed by atoms with E-state index in [0.717, 1.165) is 17.0 Å². The molecule has 10 heteroatoms. The fourth-order valence-corrected chi connectivity index (χ4v) is 4.25. The molecule has 0 saturated carbocycles. The molecule has 1 aliphatic heterocycles. The number of halogens is 3. The predicted molar refractivity (Wildman–Crippen MR) is 122 cm³/mol. The lowest BCUT2D eigenvalue weighted by Gasteiger charge is -2.34. The number of anilines is 1. The zero-order valence-corrected chi connectivity index (χ0v) is 18.0. The molecule has 5 rings (SSSR count). The van der Waals surface area contributed by atoms with Crippen molar-refractivity contribution in [3.8, 4) is 11.3 Å². The van der Waals surface area contributed by atoms with E-state index in [9.17, 15) is 27.9 Å². The Morgan fingerprint density at radius 3 is 2.20 bits per heavy atom. The maximum atomic E-state index is 14.0. The summed E-state index contributed by atoms with van der Waals surface area (Å²) < 4.78 is 47.0. The monoisotopic (exact) mass is 481 g/mol. The second kappa shape index (κ2) is 8.24. The summed E-state index contributed by atoms with van der Waals surface area (Å²) in [5, 5.41) is 18.4. The Morgan fingerprint density at radius 1 is 0.914 bits per heavy atom. The summed E-state index contributed by atoms with van der Waals surface area (Å²) in [6, 6.07) is 19.8. The van der Waals surface area contributed by atoms with Crippen LogP contribution in [0.2, 0.25) is 0 Å². The third kappa shape index (κ3) is 3.71. The van der Waals surface area contributed by atoms with Crippen LogP contribution in [0.3, 0.4) is 0 Å². The number of carbonyl (C=O) groups excluding carboxylic acids is 1. The number of ether oxygens (including phenoxy) is 1. The van der Waals surface area contributed by atoms with E-state index in [-0.39, 0.29) is 11.2 Å². The number of nitrogens with zero attached hydrogens (tertiary/aromatic N) is 2. The molecule has 178 valence electrons. The van der Waals surface area contributed by atoms with E-state index < -0.39 is 36.1 Å². The number of nitrogens with one attached hydrogen (secondary N) is 1. The van der Waals surface area contributed by atoms with Gasteiger partial charge in [0.25, 0.3) is 5.56 Å². The molecule has 1 fully saturated rings. The molecule has 1 saturated heterocycles. The minimum atomic E-state index is -5.09. The van der Waals surface area contributed by atoms with Crippen LogP contribution < -0.4 is 10.5 Å². The van der Waals surface area contributed by atoms with E-state index >= 15 is 0 Å². The van der Waals surface area contributed by atoms with Crippen LogP contribution in [0.25, 0.3) is 22.0 Å². The van der Waals surface area contributed by atoms with Gasteiger partial charge in [0, 0.05) is 16.6 Å². The van der Waals surface area contributed by atoms with Gasteiger partial charge in [0.15, 0.2) is 6.10 Å². The smallest absolute Gasteiger partial charge is 0.425 e. The topological polar surface area (TPSA) is 95.5 Å². The summed E-state index contributed by atoms with van der Waals surface area (Å²) in [4.78, 5) is 25.6. The molecular weight excluding hydrogens is 463 g/mol. The Hall–Kier alpha value is -4.18. The van der Waals surface area contributed by atoms with Crippen LogP contribution in [0, 0.1) is 0 Å². The number of H-pyrrole nitrogens is 1. The van der Waals surface area contributed by atoms with E-state index in [0.29, 0.717) is 22.0 Å². The number of cyclic esters (lactones) is 1. The van der Waals surface area contributed by atoms with E-state index in [1.54, 1.807) is 36.4 Å². The quantitative estimate of drug-likeness (QED) is 0.452. The minimum absolute atomic E-state index is 0.285. The van der Waals surface area contributed by atoms with Gasteiger partial charge in [-0.3, -0.25) is 9.69 Å². The number of aromatic nitrogens is 2. The van der Waals surface area contributed by atoms with Gasteiger partial charge in [0.05, 0.1) is 17.6 Å². The van der Waals surface area contributed by atoms with Crippen molar-refractivity contribution in [2.24, 2.45) is 0 Å². The summed E-state index contributed by atoms with van der Waals surface area (Å²) in [5.41, 5.74) is -2.71. The van der Waals surface area contributed by atoms with Gasteiger partial charge in [0.2, 0.25) is 5.60 Å². The van der Waals surface area contributed by atoms with Gasteiger partial charge in [-0.1, -0.05) is 60.7 Å². The Bertz CT molecular complexity index is 1460. The third-order valence-corrected chi connectivity index (χ3v) is 6.07. The predicted octanol–water partition coefficient (Wildman–Crippen LogP) is 4.37. The average molecular weight is 481 g/mol. The van der Waals surface area contributed by atoms with Crippen molar-refractivity contribution in [3.05, 3.63) is 94.8 Å². The van der Waals surface area contributed by atoms with Gasteiger partial charge < -0.3 is 9.84 Å². The van der Waals surface area contributed by atoms with Gasteiger partial charge in [-0.25, -0.2) is 9.89 Å². The van der Waals surface area contributed by atoms with Crippen LogP contribution in [0.1, 0.15) is 5.56 Å². The highest BCUT2D eigenvalue weighted by Gasteiger charge is 2.63. The van der Waals surface area contributed by atoms with Crippen molar-refractivity contribution in [2.45, 2.75) is 17.9 Å². The highest BCUT2D eigenvalue weighted by atomic mass is 19.4. The highest BCUT2D eigenvalue weighted by Crippen LogP contribution is 2.45. The van der Waals surface area contributed by atoms with Crippen LogP contribution in [-0.2, 0) is 10.3 Å². The maximum Gasteiger partial charge on any atom is 0.425 e. The molecule has 2 N–H and O–H groups in total. The number of alkyl halides is 3. The van der Waals surface area contributed by atoms with Crippen LogP contribution in [0.5, 0.6) is 0 Å². The van der Waals surface area contributed by atoms with Crippen molar-refractivity contribution in [1.29, 1.82) is 0 Å². The number of aromatic amines is 1. The van der Waals surface area contributed by atoms with Gasteiger partial charge in [-0.15, -0.1) is 0 Å². The average Bonchev–Trinajstić information content (AvgIpc) is 3.26. The number of amides is 1. The first-order valence-electron chi connectivity index (χ1n) is 10.6. The van der Waals surface area contributed by atoms with Gasteiger partial charge in [-0.05, 0) is 23.8 Å².